The van der Waals surface area contributed by atoms with Gasteiger partial charge < -0.3 is 10.1 Å². The second kappa shape index (κ2) is 6.98. The fraction of sp³-hybridized carbons (Fsp3) is 0.455. The number of para-hydroxylation sites is 1. The average Bonchev–Trinajstić information content (AvgIpc) is 2.55. The molecule has 2 nitrogen and oxygen atoms in total. The predicted molar refractivity (Wildman–Crippen MR) is 102 cm³/mol. The highest BCUT2D eigenvalue weighted by molar-refractivity contribution is 5.42. The van der Waals surface area contributed by atoms with E-state index in [4.69, 9.17) is 4.74 Å². The van der Waals surface area contributed by atoms with Crippen molar-refractivity contribution in [1.29, 1.82) is 0 Å². The maximum Gasteiger partial charge on any atom is 0.0635 e. The van der Waals surface area contributed by atoms with Crippen molar-refractivity contribution in [2.24, 2.45) is 0 Å². The Morgan fingerprint density at radius 3 is 2.38 bits per heavy atom. The van der Waals surface area contributed by atoms with Gasteiger partial charge in [-0.2, -0.15) is 0 Å². The largest absolute Gasteiger partial charge is 0.385 e. The molecule has 128 valence electrons. The lowest BCUT2D eigenvalue weighted by Crippen LogP contribution is -2.44. The van der Waals surface area contributed by atoms with Crippen LogP contribution < -0.4 is 5.32 Å². The summed E-state index contributed by atoms with van der Waals surface area (Å²) in [6.45, 7) is 8.42. The Bertz CT molecular complexity index is 647. The molecule has 2 aromatic carbocycles. The van der Waals surface area contributed by atoms with Gasteiger partial charge in [0.1, 0.15) is 0 Å². The van der Waals surface area contributed by atoms with Gasteiger partial charge in [-0.05, 0) is 57.7 Å². The summed E-state index contributed by atoms with van der Waals surface area (Å²) in [7, 11) is 0. The molecule has 0 bridgehead atoms. The molecule has 1 aliphatic heterocycles. The number of aryl methyl sites for hydroxylation is 1. The molecule has 3 rings (SSSR count). The van der Waals surface area contributed by atoms with E-state index in [1.807, 2.05) is 0 Å². The maximum atomic E-state index is 6.01. The lowest BCUT2D eigenvalue weighted by atomic mass is 9.67. The molecular weight excluding hydrogens is 294 g/mol. The van der Waals surface area contributed by atoms with Crippen LogP contribution >= 0.6 is 0 Å². The Morgan fingerprint density at radius 2 is 1.71 bits per heavy atom. The average molecular weight is 323 g/mol. The van der Waals surface area contributed by atoms with Gasteiger partial charge in [0.05, 0.1) is 5.60 Å². The molecule has 1 unspecified atom stereocenters. The van der Waals surface area contributed by atoms with Crippen molar-refractivity contribution in [2.45, 2.75) is 51.0 Å². The van der Waals surface area contributed by atoms with Crippen molar-refractivity contribution in [3.05, 3.63) is 65.7 Å². The molecular formula is C22H29NO. The second-order valence-corrected chi connectivity index (χ2v) is 7.72. The van der Waals surface area contributed by atoms with Crippen molar-refractivity contribution < 1.29 is 4.74 Å². The van der Waals surface area contributed by atoms with Gasteiger partial charge in [-0.15, -0.1) is 0 Å². The monoisotopic (exact) mass is 323 g/mol. The third-order valence-electron chi connectivity index (χ3n) is 5.21. The van der Waals surface area contributed by atoms with Crippen molar-refractivity contribution >= 4 is 5.69 Å². The molecule has 0 spiro atoms. The van der Waals surface area contributed by atoms with E-state index in [1.54, 1.807) is 0 Å². The van der Waals surface area contributed by atoms with E-state index in [2.05, 4.69) is 80.7 Å². The van der Waals surface area contributed by atoms with Crippen molar-refractivity contribution in [3.63, 3.8) is 0 Å². The van der Waals surface area contributed by atoms with E-state index in [-0.39, 0.29) is 11.0 Å². The molecule has 1 fully saturated rings. The summed E-state index contributed by atoms with van der Waals surface area (Å²) in [4.78, 5) is 0. The summed E-state index contributed by atoms with van der Waals surface area (Å²) < 4.78 is 6.01. The van der Waals surface area contributed by atoms with Crippen LogP contribution in [0.2, 0.25) is 0 Å². The summed E-state index contributed by atoms with van der Waals surface area (Å²) in [5, 5.41) is 3.58. The van der Waals surface area contributed by atoms with Crippen LogP contribution in [-0.4, -0.2) is 18.8 Å². The number of ether oxygens (including phenoxy) is 1. The van der Waals surface area contributed by atoms with Gasteiger partial charge in [0.15, 0.2) is 0 Å². The van der Waals surface area contributed by atoms with Gasteiger partial charge in [0.25, 0.3) is 0 Å². The Hall–Kier alpha value is -1.80. The van der Waals surface area contributed by atoms with Gasteiger partial charge in [-0.25, -0.2) is 0 Å². The van der Waals surface area contributed by atoms with Gasteiger partial charge >= 0.3 is 0 Å². The van der Waals surface area contributed by atoms with Crippen molar-refractivity contribution in [1.82, 2.24) is 0 Å². The highest BCUT2D eigenvalue weighted by Gasteiger charge is 2.41. The van der Waals surface area contributed by atoms with Gasteiger partial charge in [0, 0.05) is 24.3 Å². The highest BCUT2D eigenvalue weighted by Crippen LogP contribution is 2.44. The summed E-state index contributed by atoms with van der Waals surface area (Å²) in [5.74, 6) is 0. The third kappa shape index (κ3) is 3.99. The van der Waals surface area contributed by atoms with E-state index in [0.717, 1.165) is 32.4 Å². The fourth-order valence-electron chi connectivity index (χ4n) is 3.99. The minimum atomic E-state index is -0.0596. The van der Waals surface area contributed by atoms with Crippen LogP contribution in [0, 0.1) is 6.92 Å². The number of anilines is 1. The van der Waals surface area contributed by atoms with Crippen molar-refractivity contribution in [2.75, 3.05) is 18.5 Å². The Morgan fingerprint density at radius 1 is 1.00 bits per heavy atom. The zero-order valence-corrected chi connectivity index (χ0v) is 15.1. The molecule has 0 aromatic heterocycles. The van der Waals surface area contributed by atoms with Crippen LogP contribution in [0.3, 0.4) is 0 Å². The summed E-state index contributed by atoms with van der Waals surface area (Å²) in [6, 6.07) is 19.6. The van der Waals surface area contributed by atoms with E-state index < -0.39 is 0 Å². The van der Waals surface area contributed by atoms with E-state index in [9.17, 15) is 0 Å². The van der Waals surface area contributed by atoms with E-state index in [0.29, 0.717) is 0 Å². The number of hydrogen-bond donors (Lipinski definition) is 1. The Kier molecular flexibility index (Phi) is 4.96. The number of rotatable bonds is 5. The van der Waals surface area contributed by atoms with Crippen LogP contribution in [0.5, 0.6) is 0 Å². The molecule has 24 heavy (non-hydrogen) atoms. The van der Waals surface area contributed by atoms with Crippen LogP contribution in [0.1, 0.15) is 44.2 Å². The Balaban J connectivity index is 1.78. The van der Waals surface area contributed by atoms with E-state index >= 15 is 0 Å². The number of nitrogens with one attached hydrogen (secondary N) is 1. The SMILES string of the molecule is Cc1ccc(C2(CCNc3ccccc3)CCOC(C)(C)C2)cc1. The van der Waals surface area contributed by atoms with Gasteiger partial charge in [0.2, 0.25) is 0 Å². The summed E-state index contributed by atoms with van der Waals surface area (Å²) >= 11 is 0. The zero-order chi connectivity index (χ0) is 17.0. The highest BCUT2D eigenvalue weighted by atomic mass is 16.5. The molecule has 1 N–H and O–H groups in total. The molecule has 2 aromatic rings. The molecule has 1 atom stereocenters. The Labute approximate surface area is 146 Å². The lowest BCUT2D eigenvalue weighted by Gasteiger charge is -2.45. The molecule has 0 radical (unpaired) electrons. The summed E-state index contributed by atoms with van der Waals surface area (Å²) in [6.07, 6.45) is 3.28. The topological polar surface area (TPSA) is 21.3 Å². The van der Waals surface area contributed by atoms with Gasteiger partial charge in [-0.1, -0.05) is 48.0 Å². The van der Waals surface area contributed by atoms with Crippen molar-refractivity contribution in [3.8, 4) is 0 Å². The first kappa shape index (κ1) is 17.0. The quantitative estimate of drug-likeness (QED) is 0.803. The fourth-order valence-corrected chi connectivity index (χ4v) is 3.99. The van der Waals surface area contributed by atoms with E-state index in [1.165, 1.54) is 16.8 Å². The van der Waals surface area contributed by atoms with Crippen LogP contribution in [0.15, 0.2) is 54.6 Å². The zero-order valence-electron chi connectivity index (χ0n) is 15.1. The molecule has 1 heterocycles. The molecule has 0 aliphatic carbocycles. The first-order valence-corrected chi connectivity index (χ1v) is 8.99. The number of benzene rings is 2. The first-order valence-electron chi connectivity index (χ1n) is 8.99. The minimum absolute atomic E-state index is 0.0596. The third-order valence-corrected chi connectivity index (χ3v) is 5.21. The normalized spacial score (nSPS) is 23.0. The maximum absolute atomic E-state index is 6.01. The minimum Gasteiger partial charge on any atom is -0.385 e. The van der Waals surface area contributed by atoms with Gasteiger partial charge in [-0.3, -0.25) is 0 Å². The standard InChI is InChI=1S/C22H29NO/c1-18-9-11-19(12-10-18)22(14-16-24-21(2,3)17-22)13-15-23-20-7-5-4-6-8-20/h4-12,23H,13-17H2,1-3H3. The van der Waals surface area contributed by atoms with Crippen LogP contribution in [0.25, 0.3) is 0 Å². The molecule has 1 aliphatic rings. The first-order chi connectivity index (χ1) is 11.5. The molecule has 1 saturated heterocycles. The number of hydrogen-bond acceptors (Lipinski definition) is 2. The van der Waals surface area contributed by atoms with Crippen LogP contribution in [0.4, 0.5) is 5.69 Å². The van der Waals surface area contributed by atoms with Crippen LogP contribution in [-0.2, 0) is 10.2 Å². The lowest BCUT2D eigenvalue weighted by molar-refractivity contribution is -0.0834. The smallest absolute Gasteiger partial charge is 0.0635 e. The molecule has 0 saturated carbocycles. The summed E-state index contributed by atoms with van der Waals surface area (Å²) in [5.41, 5.74) is 4.11. The predicted octanol–water partition coefficient (Wildman–Crippen LogP) is 5.32. The molecule has 2 heteroatoms. The molecule has 0 amide bonds. The second-order valence-electron chi connectivity index (χ2n) is 7.72.